The second-order valence-electron chi connectivity index (χ2n) is 2.57. The van der Waals surface area contributed by atoms with Crippen molar-refractivity contribution in [1.29, 1.82) is 0 Å². The highest BCUT2D eigenvalue weighted by Gasteiger charge is 2.08. The molecule has 6 heteroatoms. The number of anilines is 1. The molecule has 0 radical (unpaired) electrons. The van der Waals surface area contributed by atoms with E-state index in [-0.39, 0.29) is 6.47 Å². The summed E-state index contributed by atoms with van der Waals surface area (Å²) in [6.45, 7) is 1.64. The van der Waals surface area contributed by atoms with Crippen LogP contribution in [0.15, 0.2) is 24.5 Å². The van der Waals surface area contributed by atoms with Gasteiger partial charge in [-0.05, 0) is 12.1 Å². The summed E-state index contributed by atoms with van der Waals surface area (Å²) in [4.78, 5) is 24.8. The summed E-state index contributed by atoms with van der Waals surface area (Å²) in [6.07, 6.45) is 1.45. The van der Waals surface area contributed by atoms with Gasteiger partial charge in [0.2, 0.25) is 6.29 Å². The van der Waals surface area contributed by atoms with E-state index in [1.54, 1.807) is 12.1 Å². The van der Waals surface area contributed by atoms with Gasteiger partial charge in [-0.25, -0.2) is 4.79 Å². The van der Waals surface area contributed by atoms with Crippen LogP contribution in [-0.4, -0.2) is 23.8 Å². The van der Waals surface area contributed by atoms with Crippen LogP contribution in [0.3, 0.4) is 0 Å². The van der Waals surface area contributed by atoms with Crippen LogP contribution in [0.2, 0.25) is 0 Å². The molecule has 1 aromatic rings. The van der Waals surface area contributed by atoms with Gasteiger partial charge in [0.05, 0.1) is 0 Å². The molecule has 0 saturated carbocycles. The van der Waals surface area contributed by atoms with Crippen molar-refractivity contribution in [3.8, 4) is 0 Å². The zero-order valence-corrected chi connectivity index (χ0v) is 8.04. The first-order valence-electron chi connectivity index (χ1n) is 4.19. The zero-order chi connectivity index (χ0) is 11.1. The lowest BCUT2D eigenvalue weighted by molar-refractivity contribution is -0.148. The van der Waals surface area contributed by atoms with Gasteiger partial charge in [0.25, 0.3) is 6.47 Å². The van der Waals surface area contributed by atoms with E-state index in [9.17, 15) is 9.59 Å². The van der Waals surface area contributed by atoms with Crippen molar-refractivity contribution < 1.29 is 19.1 Å². The van der Waals surface area contributed by atoms with Crippen LogP contribution < -0.4 is 5.32 Å². The van der Waals surface area contributed by atoms with Crippen LogP contribution in [0.1, 0.15) is 6.92 Å². The van der Waals surface area contributed by atoms with E-state index in [4.69, 9.17) is 0 Å². The van der Waals surface area contributed by atoms with Gasteiger partial charge in [-0.1, -0.05) is 0 Å². The summed E-state index contributed by atoms with van der Waals surface area (Å²) < 4.78 is 9.04. The number of ether oxygens (including phenoxy) is 2. The molecular formula is C9H10N2O4. The number of nitrogens with zero attached hydrogens (tertiary/aromatic N) is 1. The van der Waals surface area contributed by atoms with Crippen molar-refractivity contribution >= 4 is 18.3 Å². The molecule has 1 atom stereocenters. The molecule has 0 bridgehead atoms. The van der Waals surface area contributed by atoms with Gasteiger partial charge in [-0.2, -0.15) is 0 Å². The monoisotopic (exact) mass is 210 g/mol. The minimum Gasteiger partial charge on any atom is -0.428 e. The molecule has 1 amide bonds. The number of carbonyl (C=O) groups is 2. The minimum absolute atomic E-state index is 0.213. The number of nitrogens with one attached hydrogen (secondary N) is 1. The van der Waals surface area contributed by atoms with Crippen LogP contribution in [0.4, 0.5) is 10.5 Å². The molecule has 15 heavy (non-hydrogen) atoms. The van der Waals surface area contributed by atoms with Gasteiger partial charge in [-0.3, -0.25) is 15.1 Å². The van der Waals surface area contributed by atoms with Gasteiger partial charge in [0.1, 0.15) is 0 Å². The van der Waals surface area contributed by atoms with E-state index in [1.807, 2.05) is 0 Å². The topological polar surface area (TPSA) is 77.5 Å². The molecule has 80 valence electrons. The summed E-state index contributed by atoms with van der Waals surface area (Å²) in [5.74, 6) is 0. The predicted molar refractivity (Wildman–Crippen MR) is 51.0 cm³/mol. The Morgan fingerprint density at radius 1 is 1.53 bits per heavy atom. The van der Waals surface area contributed by atoms with Gasteiger partial charge < -0.3 is 9.47 Å². The van der Waals surface area contributed by atoms with E-state index in [0.717, 1.165) is 0 Å². The number of rotatable bonds is 4. The first kappa shape index (κ1) is 11.0. The lowest BCUT2D eigenvalue weighted by Gasteiger charge is -2.11. The molecule has 0 aliphatic heterocycles. The number of hydrogen-bond donors (Lipinski definition) is 1. The van der Waals surface area contributed by atoms with E-state index in [1.165, 1.54) is 19.3 Å². The molecular weight excluding hydrogens is 200 g/mol. The highest BCUT2D eigenvalue weighted by atomic mass is 16.7. The van der Waals surface area contributed by atoms with E-state index < -0.39 is 12.4 Å². The largest absolute Gasteiger partial charge is 0.428 e. The van der Waals surface area contributed by atoms with E-state index in [0.29, 0.717) is 5.69 Å². The van der Waals surface area contributed by atoms with Crippen molar-refractivity contribution in [1.82, 2.24) is 4.98 Å². The fourth-order valence-electron chi connectivity index (χ4n) is 0.839. The average Bonchev–Trinajstić information content (AvgIpc) is 2.19. The second kappa shape index (κ2) is 5.58. The van der Waals surface area contributed by atoms with E-state index in [2.05, 4.69) is 19.8 Å². The third-order valence-corrected chi connectivity index (χ3v) is 1.45. The molecule has 1 rings (SSSR count). The Morgan fingerprint density at radius 2 is 2.20 bits per heavy atom. The molecule has 0 aliphatic carbocycles. The van der Waals surface area contributed by atoms with Crippen LogP contribution in [0.5, 0.6) is 0 Å². The summed E-state index contributed by atoms with van der Waals surface area (Å²) in [6, 6.07) is 3.21. The Balaban J connectivity index is 2.39. The number of hydrogen-bond acceptors (Lipinski definition) is 5. The van der Waals surface area contributed by atoms with Crippen molar-refractivity contribution in [3.63, 3.8) is 0 Å². The molecule has 1 aromatic heterocycles. The van der Waals surface area contributed by atoms with E-state index >= 15 is 0 Å². The maximum atomic E-state index is 11.1. The average molecular weight is 210 g/mol. The van der Waals surface area contributed by atoms with Crippen molar-refractivity contribution in [2.24, 2.45) is 0 Å². The molecule has 0 saturated heterocycles. The van der Waals surface area contributed by atoms with Gasteiger partial charge in [-0.15, -0.1) is 0 Å². The van der Waals surface area contributed by atoms with Crippen molar-refractivity contribution in [2.45, 2.75) is 13.2 Å². The smallest absolute Gasteiger partial charge is 0.414 e. The normalized spacial score (nSPS) is 11.3. The maximum Gasteiger partial charge on any atom is 0.414 e. The molecule has 1 heterocycles. The Kier molecular flexibility index (Phi) is 4.08. The molecule has 0 aromatic carbocycles. The Labute approximate surface area is 86.2 Å². The van der Waals surface area contributed by atoms with Crippen molar-refractivity contribution in [3.05, 3.63) is 24.5 Å². The summed E-state index contributed by atoms with van der Waals surface area (Å²) in [7, 11) is 0. The third kappa shape index (κ3) is 4.08. The molecule has 1 unspecified atom stereocenters. The lowest BCUT2D eigenvalue weighted by atomic mass is 10.4. The van der Waals surface area contributed by atoms with Crippen LogP contribution in [-0.2, 0) is 14.3 Å². The quantitative estimate of drug-likeness (QED) is 0.595. The fraction of sp³-hybridized carbons (Fsp3) is 0.222. The zero-order valence-electron chi connectivity index (χ0n) is 8.04. The molecule has 0 aliphatic rings. The Hall–Kier alpha value is -2.11. The minimum atomic E-state index is -0.913. The predicted octanol–water partition coefficient (Wildman–Crippen LogP) is 1.15. The molecule has 6 nitrogen and oxygen atoms in total. The van der Waals surface area contributed by atoms with Gasteiger partial charge in [0.15, 0.2) is 0 Å². The second-order valence-corrected chi connectivity index (χ2v) is 2.57. The van der Waals surface area contributed by atoms with Gasteiger partial charge >= 0.3 is 6.09 Å². The van der Waals surface area contributed by atoms with Crippen LogP contribution in [0.25, 0.3) is 0 Å². The summed E-state index contributed by atoms with van der Waals surface area (Å²) in [5, 5.41) is 2.43. The highest BCUT2D eigenvalue weighted by Crippen LogP contribution is 2.04. The fourth-order valence-corrected chi connectivity index (χ4v) is 0.839. The Morgan fingerprint density at radius 3 is 2.80 bits per heavy atom. The first-order chi connectivity index (χ1) is 7.22. The molecule has 0 fully saturated rings. The standard InChI is InChI=1S/C9H10N2O4/c1-7(14-6-12)15-9(13)11-8-2-4-10-5-3-8/h2-7H,1H3,(H,10,11,13). The van der Waals surface area contributed by atoms with Crippen LogP contribution in [0, 0.1) is 0 Å². The first-order valence-corrected chi connectivity index (χ1v) is 4.19. The third-order valence-electron chi connectivity index (χ3n) is 1.45. The Bertz CT molecular complexity index is 328. The SMILES string of the molecule is CC(OC=O)OC(=O)Nc1ccncc1. The molecule has 1 N–H and O–H groups in total. The summed E-state index contributed by atoms with van der Waals surface area (Å²) >= 11 is 0. The van der Waals surface area contributed by atoms with Crippen LogP contribution >= 0.6 is 0 Å². The maximum absolute atomic E-state index is 11.1. The summed E-state index contributed by atoms with van der Waals surface area (Å²) in [5.41, 5.74) is 0.549. The number of aromatic nitrogens is 1. The van der Waals surface area contributed by atoms with Crippen molar-refractivity contribution in [2.75, 3.05) is 5.32 Å². The number of carbonyl (C=O) groups excluding carboxylic acids is 2. The molecule has 0 spiro atoms. The highest BCUT2D eigenvalue weighted by molar-refractivity contribution is 5.84. The lowest BCUT2D eigenvalue weighted by Crippen LogP contribution is -2.21. The number of amides is 1. The van der Waals surface area contributed by atoms with Gasteiger partial charge in [0, 0.05) is 25.0 Å². The number of pyridine rings is 1.